The summed E-state index contributed by atoms with van der Waals surface area (Å²) in [6.07, 6.45) is 2.19. The third kappa shape index (κ3) is 0.669. The minimum Gasteiger partial charge on any atom is -0.379 e. The largest absolute Gasteiger partial charge is 0.379 e. The molecule has 0 aromatic heterocycles. The Bertz CT molecular complexity index is 169. The standard InChI is InChI=1S/C7H11NO2/c1-10-6-3-4-2-5(6)8-7(4)9/h4-6H,2-3H2,1H3,(H,8,9). The Morgan fingerprint density at radius 2 is 2.40 bits per heavy atom. The van der Waals surface area contributed by atoms with Gasteiger partial charge in [-0.05, 0) is 12.8 Å². The highest BCUT2D eigenvalue weighted by atomic mass is 16.5. The van der Waals surface area contributed by atoms with Gasteiger partial charge in [0.2, 0.25) is 5.91 Å². The molecule has 2 fully saturated rings. The van der Waals surface area contributed by atoms with Crippen molar-refractivity contribution in [3.8, 4) is 0 Å². The van der Waals surface area contributed by atoms with E-state index in [2.05, 4.69) is 5.32 Å². The Morgan fingerprint density at radius 1 is 1.60 bits per heavy atom. The van der Waals surface area contributed by atoms with Crippen LogP contribution in [0.1, 0.15) is 12.8 Å². The summed E-state index contributed by atoms with van der Waals surface area (Å²) < 4.78 is 5.18. The van der Waals surface area contributed by atoms with E-state index in [1.54, 1.807) is 7.11 Å². The lowest BCUT2D eigenvalue weighted by Crippen LogP contribution is -2.41. The number of hydrogen-bond donors (Lipinski definition) is 1. The maximum Gasteiger partial charge on any atom is 0.223 e. The van der Waals surface area contributed by atoms with Crippen molar-refractivity contribution in [2.24, 2.45) is 5.92 Å². The molecule has 3 atom stereocenters. The molecule has 2 rings (SSSR count). The van der Waals surface area contributed by atoms with Crippen molar-refractivity contribution in [1.29, 1.82) is 0 Å². The molecule has 0 spiro atoms. The third-order valence-electron chi connectivity index (χ3n) is 2.51. The summed E-state index contributed by atoms with van der Waals surface area (Å²) in [6.45, 7) is 0. The molecule has 3 heteroatoms. The van der Waals surface area contributed by atoms with Gasteiger partial charge in [-0.25, -0.2) is 0 Å². The second-order valence-electron chi connectivity index (χ2n) is 3.06. The number of ether oxygens (including phenoxy) is 1. The van der Waals surface area contributed by atoms with Crippen LogP contribution in [0.4, 0.5) is 0 Å². The molecule has 1 saturated heterocycles. The van der Waals surface area contributed by atoms with Crippen molar-refractivity contribution in [3.63, 3.8) is 0 Å². The lowest BCUT2D eigenvalue weighted by molar-refractivity contribution is -0.125. The van der Waals surface area contributed by atoms with Gasteiger partial charge in [0.15, 0.2) is 0 Å². The Labute approximate surface area is 59.7 Å². The SMILES string of the molecule is COC1CC2CC1NC2=O. The van der Waals surface area contributed by atoms with Gasteiger partial charge in [0.1, 0.15) is 0 Å². The van der Waals surface area contributed by atoms with Gasteiger partial charge in [-0.3, -0.25) is 4.79 Å². The van der Waals surface area contributed by atoms with Crippen LogP contribution in [0, 0.1) is 5.92 Å². The fourth-order valence-electron chi connectivity index (χ4n) is 1.93. The molecule has 1 aliphatic carbocycles. The molecule has 1 aliphatic heterocycles. The van der Waals surface area contributed by atoms with Crippen LogP contribution in [0.3, 0.4) is 0 Å². The quantitative estimate of drug-likeness (QED) is 0.554. The molecule has 0 radical (unpaired) electrons. The molecular formula is C7H11NO2. The summed E-state index contributed by atoms with van der Waals surface area (Å²) in [5.74, 6) is 0.466. The van der Waals surface area contributed by atoms with E-state index in [1.807, 2.05) is 0 Å². The Kier molecular flexibility index (Phi) is 1.20. The van der Waals surface area contributed by atoms with Crippen molar-refractivity contribution < 1.29 is 9.53 Å². The van der Waals surface area contributed by atoms with Crippen molar-refractivity contribution in [2.75, 3.05) is 7.11 Å². The van der Waals surface area contributed by atoms with Crippen molar-refractivity contribution in [1.82, 2.24) is 5.32 Å². The van der Waals surface area contributed by atoms with Gasteiger partial charge in [-0.1, -0.05) is 0 Å². The number of piperidine rings is 1. The second-order valence-corrected chi connectivity index (χ2v) is 3.06. The zero-order chi connectivity index (χ0) is 7.14. The van der Waals surface area contributed by atoms with Crippen LogP contribution < -0.4 is 5.32 Å². The first-order chi connectivity index (χ1) is 4.81. The number of rotatable bonds is 1. The Balaban J connectivity index is 2.09. The van der Waals surface area contributed by atoms with E-state index in [0.29, 0.717) is 6.04 Å². The Morgan fingerprint density at radius 3 is 2.80 bits per heavy atom. The van der Waals surface area contributed by atoms with Gasteiger partial charge in [-0.15, -0.1) is 0 Å². The van der Waals surface area contributed by atoms with Gasteiger partial charge in [-0.2, -0.15) is 0 Å². The molecule has 1 N–H and O–H groups in total. The van der Waals surface area contributed by atoms with Gasteiger partial charge in [0.25, 0.3) is 0 Å². The smallest absolute Gasteiger partial charge is 0.223 e. The number of hydrogen-bond acceptors (Lipinski definition) is 2. The van der Waals surface area contributed by atoms with E-state index in [4.69, 9.17) is 4.74 Å². The van der Waals surface area contributed by atoms with E-state index in [9.17, 15) is 4.79 Å². The van der Waals surface area contributed by atoms with Gasteiger partial charge >= 0.3 is 0 Å². The number of carbonyl (C=O) groups excluding carboxylic acids is 1. The number of carbonyl (C=O) groups is 1. The summed E-state index contributed by atoms with van der Waals surface area (Å²) in [5.41, 5.74) is 0. The molecule has 1 saturated carbocycles. The van der Waals surface area contributed by atoms with Gasteiger partial charge in [0.05, 0.1) is 12.1 Å². The second kappa shape index (κ2) is 1.95. The zero-order valence-electron chi connectivity index (χ0n) is 5.96. The van der Waals surface area contributed by atoms with Crippen molar-refractivity contribution >= 4 is 5.91 Å². The summed E-state index contributed by atoms with van der Waals surface area (Å²) in [5, 5.41) is 2.89. The first-order valence-electron chi connectivity index (χ1n) is 3.64. The zero-order valence-corrected chi connectivity index (χ0v) is 5.96. The number of methoxy groups -OCH3 is 1. The first kappa shape index (κ1) is 6.16. The van der Waals surface area contributed by atoms with E-state index in [0.717, 1.165) is 12.8 Å². The predicted octanol–water partition coefficient (Wildman–Crippen LogP) is -0.0902. The highest BCUT2D eigenvalue weighted by molar-refractivity contribution is 5.82. The number of nitrogens with one attached hydrogen (secondary N) is 1. The average Bonchev–Trinajstić information content (AvgIpc) is 2.44. The lowest BCUT2D eigenvalue weighted by Gasteiger charge is -2.20. The summed E-state index contributed by atoms with van der Waals surface area (Å²) in [4.78, 5) is 10.9. The molecule has 1 amide bonds. The van der Waals surface area contributed by atoms with Crippen molar-refractivity contribution in [3.05, 3.63) is 0 Å². The molecule has 2 bridgehead atoms. The average molecular weight is 141 g/mol. The Hall–Kier alpha value is -0.570. The predicted molar refractivity (Wildman–Crippen MR) is 35.5 cm³/mol. The molecule has 0 aromatic rings. The number of fused-ring (bicyclic) bond motifs is 2. The van der Waals surface area contributed by atoms with Crippen LogP contribution in [0.25, 0.3) is 0 Å². The summed E-state index contributed by atoms with van der Waals surface area (Å²) in [6, 6.07) is 0.308. The highest BCUT2D eigenvalue weighted by Crippen LogP contribution is 2.33. The molecule has 0 aromatic carbocycles. The molecular weight excluding hydrogens is 130 g/mol. The van der Waals surface area contributed by atoms with Gasteiger partial charge < -0.3 is 10.1 Å². The topological polar surface area (TPSA) is 38.3 Å². The maximum absolute atomic E-state index is 10.9. The van der Waals surface area contributed by atoms with Crippen LogP contribution in [0.2, 0.25) is 0 Å². The molecule has 2 aliphatic rings. The van der Waals surface area contributed by atoms with E-state index in [-0.39, 0.29) is 17.9 Å². The summed E-state index contributed by atoms with van der Waals surface area (Å²) in [7, 11) is 1.71. The first-order valence-corrected chi connectivity index (χ1v) is 3.64. The number of amides is 1. The molecule has 3 nitrogen and oxygen atoms in total. The molecule has 56 valence electrons. The molecule has 3 unspecified atom stereocenters. The van der Waals surface area contributed by atoms with E-state index in [1.165, 1.54) is 0 Å². The third-order valence-corrected chi connectivity index (χ3v) is 2.51. The van der Waals surface area contributed by atoms with Crippen LogP contribution in [0.15, 0.2) is 0 Å². The molecule has 10 heavy (non-hydrogen) atoms. The minimum atomic E-state index is 0.221. The van der Waals surface area contributed by atoms with Crippen LogP contribution >= 0.6 is 0 Å². The fraction of sp³-hybridized carbons (Fsp3) is 0.857. The molecule has 1 heterocycles. The maximum atomic E-state index is 10.9. The van der Waals surface area contributed by atoms with E-state index < -0.39 is 0 Å². The fourth-order valence-corrected chi connectivity index (χ4v) is 1.93. The minimum absolute atomic E-state index is 0.221. The highest BCUT2D eigenvalue weighted by Gasteiger charge is 2.45. The lowest BCUT2D eigenvalue weighted by atomic mass is 10.1. The monoisotopic (exact) mass is 141 g/mol. The van der Waals surface area contributed by atoms with Crippen LogP contribution in [0.5, 0.6) is 0 Å². The van der Waals surface area contributed by atoms with Crippen LogP contribution in [-0.4, -0.2) is 25.2 Å². The van der Waals surface area contributed by atoms with E-state index >= 15 is 0 Å². The normalized spacial score (nSPS) is 44.1. The summed E-state index contributed by atoms with van der Waals surface area (Å²) >= 11 is 0. The van der Waals surface area contributed by atoms with Gasteiger partial charge in [0, 0.05) is 13.0 Å². The van der Waals surface area contributed by atoms with Crippen LogP contribution in [-0.2, 0) is 9.53 Å². The van der Waals surface area contributed by atoms with Crippen molar-refractivity contribution in [2.45, 2.75) is 25.0 Å².